The smallest absolute Gasteiger partial charge is 0.223 e. The Morgan fingerprint density at radius 3 is 2.95 bits per heavy atom. The van der Waals surface area contributed by atoms with E-state index < -0.39 is 0 Å². The molecule has 4 heteroatoms. The van der Waals surface area contributed by atoms with Crippen molar-refractivity contribution in [3.05, 3.63) is 29.8 Å². The lowest BCUT2D eigenvalue weighted by atomic mass is 9.95. The molecule has 0 aromatic heterocycles. The second kappa shape index (κ2) is 6.75. The van der Waals surface area contributed by atoms with Crippen LogP contribution in [0.3, 0.4) is 0 Å². The van der Waals surface area contributed by atoms with Gasteiger partial charge in [0.15, 0.2) is 0 Å². The van der Waals surface area contributed by atoms with Crippen LogP contribution in [0.25, 0.3) is 0 Å². The van der Waals surface area contributed by atoms with Crippen molar-refractivity contribution in [2.45, 2.75) is 32.2 Å². The molecule has 0 spiro atoms. The number of nitrogens with zero attached hydrogens (tertiary/aromatic N) is 1. The van der Waals surface area contributed by atoms with Gasteiger partial charge in [-0.3, -0.25) is 4.79 Å². The first kappa shape index (κ1) is 14.9. The van der Waals surface area contributed by atoms with Gasteiger partial charge in [0.1, 0.15) is 5.75 Å². The predicted octanol–water partition coefficient (Wildman–Crippen LogP) is 2.01. The monoisotopic (exact) mass is 276 g/mol. The minimum atomic E-state index is 0.167. The molecular formula is C16H24N2O2. The molecule has 0 radical (unpaired) electrons. The third-order valence-electron chi connectivity index (χ3n) is 3.97. The summed E-state index contributed by atoms with van der Waals surface area (Å²) in [4.78, 5) is 14.4. The summed E-state index contributed by atoms with van der Waals surface area (Å²) in [6.45, 7) is 6.76. The number of methoxy groups -OCH3 is 1. The van der Waals surface area contributed by atoms with E-state index in [4.69, 9.17) is 4.74 Å². The van der Waals surface area contributed by atoms with Crippen molar-refractivity contribution in [1.29, 1.82) is 0 Å². The van der Waals surface area contributed by atoms with Gasteiger partial charge in [-0.2, -0.15) is 0 Å². The van der Waals surface area contributed by atoms with E-state index in [2.05, 4.69) is 19.2 Å². The maximum absolute atomic E-state index is 12.4. The van der Waals surface area contributed by atoms with Gasteiger partial charge in [0.25, 0.3) is 0 Å². The van der Waals surface area contributed by atoms with Crippen LogP contribution in [0.4, 0.5) is 0 Å². The Labute approximate surface area is 121 Å². The molecule has 1 fully saturated rings. The van der Waals surface area contributed by atoms with E-state index >= 15 is 0 Å². The van der Waals surface area contributed by atoms with E-state index in [-0.39, 0.29) is 17.9 Å². The number of nitrogens with one attached hydrogen (secondary N) is 1. The van der Waals surface area contributed by atoms with Crippen LogP contribution in [0.1, 0.15) is 31.7 Å². The van der Waals surface area contributed by atoms with E-state index in [1.165, 1.54) is 0 Å². The normalized spacial score (nSPS) is 20.6. The maximum Gasteiger partial charge on any atom is 0.223 e. The van der Waals surface area contributed by atoms with Crippen LogP contribution < -0.4 is 10.1 Å². The van der Waals surface area contributed by atoms with Crippen LogP contribution in [-0.4, -0.2) is 43.6 Å². The summed E-state index contributed by atoms with van der Waals surface area (Å²) < 4.78 is 5.38. The number of carbonyl (C=O) groups excluding carboxylic acids is 1. The molecule has 1 heterocycles. The van der Waals surface area contributed by atoms with E-state index in [0.29, 0.717) is 6.42 Å². The molecule has 0 unspecified atom stereocenters. The van der Waals surface area contributed by atoms with Crippen LogP contribution in [0, 0.1) is 0 Å². The quantitative estimate of drug-likeness (QED) is 0.914. The molecule has 1 aromatic carbocycles. The lowest BCUT2D eigenvalue weighted by molar-refractivity contribution is -0.134. The van der Waals surface area contributed by atoms with Crippen LogP contribution >= 0.6 is 0 Å². The van der Waals surface area contributed by atoms with E-state index in [1.54, 1.807) is 7.11 Å². The molecule has 1 aliphatic rings. The third-order valence-corrected chi connectivity index (χ3v) is 3.97. The van der Waals surface area contributed by atoms with Crippen LogP contribution in [-0.2, 0) is 4.79 Å². The summed E-state index contributed by atoms with van der Waals surface area (Å²) in [5.74, 6) is 1.26. The fourth-order valence-corrected chi connectivity index (χ4v) is 2.77. The van der Waals surface area contributed by atoms with E-state index in [1.807, 2.05) is 29.2 Å². The molecule has 1 aliphatic heterocycles. The summed E-state index contributed by atoms with van der Waals surface area (Å²) in [6, 6.07) is 8.21. The van der Waals surface area contributed by atoms with Crippen molar-refractivity contribution in [3.8, 4) is 5.75 Å². The van der Waals surface area contributed by atoms with Gasteiger partial charge in [0.05, 0.1) is 7.11 Å². The van der Waals surface area contributed by atoms with E-state index in [9.17, 15) is 4.79 Å². The molecular weight excluding hydrogens is 252 g/mol. The number of rotatable bonds is 4. The van der Waals surface area contributed by atoms with Gasteiger partial charge in [0.2, 0.25) is 5.91 Å². The van der Waals surface area contributed by atoms with Gasteiger partial charge >= 0.3 is 0 Å². The molecule has 0 saturated carbocycles. The van der Waals surface area contributed by atoms with Crippen molar-refractivity contribution < 1.29 is 9.53 Å². The fraction of sp³-hybridized carbons (Fsp3) is 0.562. The highest BCUT2D eigenvalue weighted by Crippen LogP contribution is 2.29. The van der Waals surface area contributed by atoms with Crippen LogP contribution in [0.5, 0.6) is 5.75 Å². The maximum atomic E-state index is 12.4. The van der Waals surface area contributed by atoms with Gasteiger partial charge in [-0.05, 0) is 24.5 Å². The second-order valence-corrected chi connectivity index (χ2v) is 5.49. The first-order valence-electron chi connectivity index (χ1n) is 7.26. The van der Waals surface area contributed by atoms with Crippen LogP contribution in [0.15, 0.2) is 24.3 Å². The van der Waals surface area contributed by atoms with Gasteiger partial charge in [-0.25, -0.2) is 0 Å². The Morgan fingerprint density at radius 1 is 1.50 bits per heavy atom. The minimum Gasteiger partial charge on any atom is -0.496 e. The predicted molar refractivity (Wildman–Crippen MR) is 80.1 cm³/mol. The summed E-state index contributed by atoms with van der Waals surface area (Å²) in [6.07, 6.45) is 0.532. The lowest BCUT2D eigenvalue weighted by Crippen LogP contribution is -2.52. The average Bonchev–Trinajstić information content (AvgIpc) is 2.47. The molecule has 1 N–H and O–H groups in total. The number of amides is 1. The SMILES string of the molecule is COc1ccccc1[C@H](C)CC(=O)N1CCNC[C@@H]1C. The Morgan fingerprint density at radius 2 is 2.25 bits per heavy atom. The summed E-state index contributed by atoms with van der Waals surface area (Å²) >= 11 is 0. The summed E-state index contributed by atoms with van der Waals surface area (Å²) in [5.41, 5.74) is 1.10. The minimum absolute atomic E-state index is 0.167. The van der Waals surface area contributed by atoms with Gasteiger partial charge < -0.3 is 15.0 Å². The molecule has 20 heavy (non-hydrogen) atoms. The highest BCUT2D eigenvalue weighted by Gasteiger charge is 2.25. The van der Waals surface area contributed by atoms with Crippen molar-refractivity contribution in [1.82, 2.24) is 10.2 Å². The fourth-order valence-electron chi connectivity index (χ4n) is 2.77. The number of hydrogen-bond acceptors (Lipinski definition) is 3. The summed E-state index contributed by atoms with van der Waals surface area (Å²) in [5, 5.41) is 3.31. The molecule has 2 atom stereocenters. The molecule has 110 valence electrons. The van der Waals surface area contributed by atoms with Gasteiger partial charge in [0, 0.05) is 32.1 Å². The van der Waals surface area contributed by atoms with Crippen LogP contribution in [0.2, 0.25) is 0 Å². The molecule has 2 rings (SSSR count). The molecule has 1 saturated heterocycles. The highest BCUT2D eigenvalue weighted by molar-refractivity contribution is 5.77. The Kier molecular flexibility index (Phi) is 5.01. The average molecular weight is 276 g/mol. The second-order valence-electron chi connectivity index (χ2n) is 5.49. The molecule has 1 aromatic rings. The number of piperazine rings is 1. The Hall–Kier alpha value is -1.55. The Bertz CT molecular complexity index is 462. The third kappa shape index (κ3) is 3.31. The first-order valence-corrected chi connectivity index (χ1v) is 7.26. The topological polar surface area (TPSA) is 41.6 Å². The Balaban J connectivity index is 2.03. The molecule has 4 nitrogen and oxygen atoms in total. The van der Waals surface area contributed by atoms with Gasteiger partial charge in [-0.15, -0.1) is 0 Å². The molecule has 0 bridgehead atoms. The number of para-hydroxylation sites is 1. The molecule has 1 amide bonds. The lowest BCUT2D eigenvalue weighted by Gasteiger charge is -2.34. The number of hydrogen-bond donors (Lipinski definition) is 1. The number of benzene rings is 1. The van der Waals surface area contributed by atoms with Crippen molar-refractivity contribution in [2.75, 3.05) is 26.7 Å². The summed E-state index contributed by atoms with van der Waals surface area (Å²) in [7, 11) is 1.67. The number of carbonyl (C=O) groups is 1. The van der Waals surface area contributed by atoms with E-state index in [0.717, 1.165) is 30.9 Å². The van der Waals surface area contributed by atoms with Gasteiger partial charge in [-0.1, -0.05) is 25.1 Å². The largest absolute Gasteiger partial charge is 0.496 e. The van der Waals surface area contributed by atoms with Crippen molar-refractivity contribution >= 4 is 5.91 Å². The standard InChI is InChI=1S/C16H24N2O2/c1-12(14-6-4-5-7-15(14)20-3)10-16(19)18-9-8-17-11-13(18)2/h4-7,12-13,17H,8-11H2,1-3H3/t12-,13+/m1/s1. The van der Waals surface area contributed by atoms with Crippen molar-refractivity contribution in [3.63, 3.8) is 0 Å². The first-order chi connectivity index (χ1) is 9.63. The van der Waals surface area contributed by atoms with Crippen molar-refractivity contribution in [2.24, 2.45) is 0 Å². The number of ether oxygens (including phenoxy) is 1. The zero-order chi connectivity index (χ0) is 14.5. The highest BCUT2D eigenvalue weighted by atomic mass is 16.5. The zero-order valence-electron chi connectivity index (χ0n) is 12.6. The zero-order valence-corrected chi connectivity index (χ0v) is 12.6. The molecule has 0 aliphatic carbocycles.